The molecule has 3 aromatic rings. The van der Waals surface area contributed by atoms with Crippen molar-refractivity contribution in [3.05, 3.63) is 50.3 Å². The first-order chi connectivity index (χ1) is 12.8. The largest absolute Gasteiger partial charge is 0.394 e. The van der Waals surface area contributed by atoms with Crippen LogP contribution in [-0.2, 0) is 4.74 Å². The quantitative estimate of drug-likeness (QED) is 0.434. The number of aryl methyl sites for hydroxylation is 2. The van der Waals surface area contributed by atoms with Crippen molar-refractivity contribution in [2.45, 2.75) is 44.5 Å². The van der Waals surface area contributed by atoms with Crippen LogP contribution in [0.3, 0.4) is 0 Å². The van der Waals surface area contributed by atoms with Gasteiger partial charge in [0.05, 0.1) is 17.5 Å². The van der Waals surface area contributed by atoms with E-state index >= 15 is 0 Å². The maximum absolute atomic E-state index is 13.1. The predicted octanol–water partition coefficient (Wildman–Crippen LogP) is -1.36. The second-order valence-electron chi connectivity index (χ2n) is 6.92. The molecule has 1 saturated heterocycles. The summed E-state index contributed by atoms with van der Waals surface area (Å²) < 4.78 is 7.54. The van der Waals surface area contributed by atoms with Gasteiger partial charge in [-0.2, -0.15) is 0 Å². The molecule has 0 saturated carbocycles. The Bertz CT molecular complexity index is 1130. The lowest BCUT2D eigenvalue weighted by molar-refractivity contribution is -0.252. The lowest BCUT2D eigenvalue weighted by atomic mass is 9.98. The highest BCUT2D eigenvalue weighted by Gasteiger charge is 2.45. The van der Waals surface area contributed by atoms with Crippen LogP contribution >= 0.6 is 0 Å². The van der Waals surface area contributed by atoms with Crippen LogP contribution in [-0.4, -0.2) is 60.4 Å². The maximum atomic E-state index is 13.1. The Morgan fingerprint density at radius 3 is 2.37 bits per heavy atom. The molecule has 2 aromatic heterocycles. The van der Waals surface area contributed by atoms with Gasteiger partial charge >= 0.3 is 5.69 Å². The molecule has 1 aliphatic heterocycles. The fourth-order valence-electron chi connectivity index (χ4n) is 3.87. The minimum absolute atomic E-state index is 0.264. The zero-order chi connectivity index (χ0) is 19.6. The summed E-state index contributed by atoms with van der Waals surface area (Å²) in [7, 11) is 0. The highest BCUT2D eigenvalue weighted by Crippen LogP contribution is 2.29. The molecule has 0 radical (unpaired) electrons. The number of benzene rings is 1. The van der Waals surface area contributed by atoms with Crippen LogP contribution in [0.4, 0.5) is 0 Å². The van der Waals surface area contributed by atoms with Crippen LogP contribution in [0.5, 0.6) is 0 Å². The molecule has 0 bridgehead atoms. The number of hydrogen-bond donors (Lipinski definition) is 4. The van der Waals surface area contributed by atoms with Gasteiger partial charge in [-0.3, -0.25) is 9.20 Å². The molecule has 9 nitrogen and oxygen atoms in total. The summed E-state index contributed by atoms with van der Waals surface area (Å²) in [6, 6.07) is 5.10. The third-order valence-corrected chi connectivity index (χ3v) is 5.51. The van der Waals surface area contributed by atoms with Crippen molar-refractivity contribution in [1.29, 1.82) is 0 Å². The van der Waals surface area contributed by atoms with Crippen LogP contribution in [0.2, 0.25) is 0 Å². The van der Waals surface area contributed by atoms with E-state index in [9.17, 15) is 30.0 Å². The Kier molecular flexibility index (Phi) is 4.09. The normalized spacial score (nSPS) is 29.0. The summed E-state index contributed by atoms with van der Waals surface area (Å²) in [6.07, 6.45) is -7.77. The molecule has 3 heterocycles. The molecular formula is C18H20N2O7. The molecule has 144 valence electrons. The van der Waals surface area contributed by atoms with Crippen LogP contribution < -0.4 is 11.2 Å². The molecule has 4 rings (SSSR count). The average molecular weight is 376 g/mol. The Morgan fingerprint density at radius 2 is 1.70 bits per heavy atom. The Morgan fingerprint density at radius 1 is 1.04 bits per heavy atom. The van der Waals surface area contributed by atoms with Gasteiger partial charge in [0.25, 0.3) is 5.56 Å². The Hall–Kier alpha value is -2.30. The van der Waals surface area contributed by atoms with Gasteiger partial charge in [0.15, 0.2) is 6.23 Å². The molecule has 1 fully saturated rings. The van der Waals surface area contributed by atoms with Gasteiger partial charge < -0.3 is 25.2 Å². The van der Waals surface area contributed by atoms with E-state index in [1.807, 2.05) is 13.0 Å². The first kappa shape index (κ1) is 18.1. The molecule has 9 heteroatoms. The molecule has 1 aromatic carbocycles. The van der Waals surface area contributed by atoms with E-state index in [-0.39, 0.29) is 5.39 Å². The van der Waals surface area contributed by atoms with E-state index in [1.165, 1.54) is 4.40 Å². The van der Waals surface area contributed by atoms with Gasteiger partial charge in [0.2, 0.25) is 0 Å². The first-order valence-corrected chi connectivity index (χ1v) is 8.58. The number of aliphatic hydroxyl groups is 4. The Balaban J connectivity index is 2.05. The second kappa shape index (κ2) is 6.11. The van der Waals surface area contributed by atoms with Crippen molar-refractivity contribution in [3.8, 4) is 0 Å². The van der Waals surface area contributed by atoms with Crippen molar-refractivity contribution in [3.63, 3.8) is 0 Å². The fourth-order valence-corrected chi connectivity index (χ4v) is 3.87. The molecule has 1 aliphatic rings. The molecule has 0 unspecified atom stereocenters. The van der Waals surface area contributed by atoms with Crippen LogP contribution in [0, 0.1) is 13.8 Å². The maximum Gasteiger partial charge on any atom is 0.338 e. The van der Waals surface area contributed by atoms with E-state index in [1.54, 1.807) is 19.1 Å². The van der Waals surface area contributed by atoms with E-state index in [2.05, 4.69) is 0 Å². The molecule has 5 atom stereocenters. The summed E-state index contributed by atoms with van der Waals surface area (Å²) in [5.74, 6) is 0. The number of para-hydroxylation sites is 1. The van der Waals surface area contributed by atoms with Gasteiger partial charge in [-0.25, -0.2) is 9.36 Å². The van der Waals surface area contributed by atoms with Crippen molar-refractivity contribution >= 4 is 16.3 Å². The third kappa shape index (κ3) is 2.30. The summed E-state index contributed by atoms with van der Waals surface area (Å²) in [5, 5.41) is 40.7. The summed E-state index contributed by atoms with van der Waals surface area (Å²) in [5.41, 5.74) is 0.579. The lowest BCUT2D eigenvalue weighted by Crippen LogP contribution is -2.59. The van der Waals surface area contributed by atoms with Crippen molar-refractivity contribution in [2.24, 2.45) is 0 Å². The van der Waals surface area contributed by atoms with E-state index < -0.39 is 48.5 Å². The van der Waals surface area contributed by atoms with Crippen LogP contribution in [0.25, 0.3) is 16.3 Å². The standard InChI is InChI=1S/C18H20N2O7/c1-7-8(2)19-12-9(7)4-3-5-10(12)16(25)20(18(19)26)17-15(24)14(23)13(22)11(6-21)27-17/h3-5,11,13-15,17,21-24H,6H2,1-2H3/t11-,13-,14+,15-,17-/m1/s1. The summed E-state index contributed by atoms with van der Waals surface area (Å²) in [4.78, 5) is 26.2. The van der Waals surface area contributed by atoms with E-state index in [4.69, 9.17) is 4.74 Å². The SMILES string of the molecule is Cc1c(C)n2c(=O)n([C@@H]3O[C@H](CO)[C@@H](O)[C@H](O)[C@H]3O)c(=O)c3cccc1c32. The predicted molar refractivity (Wildman–Crippen MR) is 95.1 cm³/mol. The minimum Gasteiger partial charge on any atom is -0.394 e. The number of ether oxygens (including phenoxy) is 1. The number of aromatic nitrogens is 2. The monoisotopic (exact) mass is 376 g/mol. The molecule has 4 N–H and O–H groups in total. The second-order valence-corrected chi connectivity index (χ2v) is 6.92. The molecule has 0 amide bonds. The minimum atomic E-state index is -1.73. The van der Waals surface area contributed by atoms with E-state index in [0.29, 0.717) is 11.2 Å². The number of hydrogen-bond acceptors (Lipinski definition) is 7. The van der Waals surface area contributed by atoms with Crippen molar-refractivity contribution in [2.75, 3.05) is 6.61 Å². The van der Waals surface area contributed by atoms with Crippen molar-refractivity contribution in [1.82, 2.24) is 8.97 Å². The number of aliphatic hydroxyl groups excluding tert-OH is 4. The zero-order valence-corrected chi connectivity index (χ0v) is 14.7. The van der Waals surface area contributed by atoms with Crippen molar-refractivity contribution < 1.29 is 25.2 Å². The smallest absolute Gasteiger partial charge is 0.338 e. The third-order valence-electron chi connectivity index (χ3n) is 5.51. The topological polar surface area (TPSA) is 134 Å². The highest BCUT2D eigenvalue weighted by atomic mass is 16.6. The van der Waals surface area contributed by atoms with Crippen LogP contribution in [0.1, 0.15) is 17.5 Å². The molecular weight excluding hydrogens is 356 g/mol. The molecule has 27 heavy (non-hydrogen) atoms. The summed E-state index contributed by atoms with van der Waals surface area (Å²) in [6.45, 7) is 2.94. The van der Waals surface area contributed by atoms with Crippen LogP contribution in [0.15, 0.2) is 27.8 Å². The lowest BCUT2D eigenvalue weighted by Gasteiger charge is -2.40. The number of rotatable bonds is 2. The van der Waals surface area contributed by atoms with Gasteiger partial charge in [0, 0.05) is 11.1 Å². The van der Waals surface area contributed by atoms with Gasteiger partial charge in [-0.1, -0.05) is 12.1 Å². The van der Waals surface area contributed by atoms with E-state index in [0.717, 1.165) is 15.5 Å². The van der Waals surface area contributed by atoms with Gasteiger partial charge in [0.1, 0.15) is 24.4 Å². The molecule has 0 spiro atoms. The first-order valence-electron chi connectivity index (χ1n) is 8.58. The highest BCUT2D eigenvalue weighted by molar-refractivity contribution is 5.98. The summed E-state index contributed by atoms with van der Waals surface area (Å²) >= 11 is 0. The average Bonchev–Trinajstić information content (AvgIpc) is 2.92. The fraction of sp³-hybridized carbons (Fsp3) is 0.444. The Labute approximate surface area is 152 Å². The zero-order valence-electron chi connectivity index (χ0n) is 14.7. The number of nitrogens with zero attached hydrogens (tertiary/aromatic N) is 2. The van der Waals surface area contributed by atoms with Gasteiger partial charge in [-0.05, 0) is 25.5 Å². The molecule has 0 aliphatic carbocycles. The van der Waals surface area contributed by atoms with Gasteiger partial charge in [-0.15, -0.1) is 0 Å².